The molecule has 0 aliphatic carbocycles. The number of rotatable bonds is 9. The van der Waals surface area contributed by atoms with Crippen LogP contribution in [0.25, 0.3) is 0 Å². The summed E-state index contributed by atoms with van der Waals surface area (Å²) in [6.07, 6.45) is 0.872. The van der Waals surface area contributed by atoms with Crippen molar-refractivity contribution >= 4 is 19.7 Å². The minimum atomic E-state index is -1.50. The molecule has 4 nitrogen and oxygen atoms in total. The zero-order valence-corrected chi connectivity index (χ0v) is 9.53. The van der Waals surface area contributed by atoms with Crippen molar-refractivity contribution in [3.63, 3.8) is 0 Å². The van der Waals surface area contributed by atoms with Gasteiger partial charge in [-0.25, -0.2) is 0 Å². The molecule has 0 aromatic carbocycles. The highest BCUT2D eigenvalue weighted by molar-refractivity contribution is 7.40. The van der Waals surface area contributed by atoms with Crippen LogP contribution in [-0.2, 0) is 9.30 Å². The molecule has 0 heterocycles. The fraction of sp³-hybridized carbons (Fsp3) is 1.00. The fourth-order valence-corrected chi connectivity index (χ4v) is 1.71. The van der Waals surface area contributed by atoms with Gasteiger partial charge in [0.15, 0.2) is 0 Å². The average molecular weight is 228 g/mol. The van der Waals surface area contributed by atoms with Crippen LogP contribution in [0.15, 0.2) is 0 Å². The Balaban J connectivity index is 3.08. The lowest BCUT2D eigenvalue weighted by molar-refractivity contribution is 0.146. The van der Waals surface area contributed by atoms with Gasteiger partial charge in [-0.15, -0.1) is 11.6 Å². The number of alkyl halides is 1. The third kappa shape index (κ3) is 10.2. The molecule has 0 aromatic rings. The second-order valence-electron chi connectivity index (χ2n) is 2.35. The lowest BCUT2D eigenvalue weighted by atomic mass is 10.5. The summed E-state index contributed by atoms with van der Waals surface area (Å²) in [5.41, 5.74) is 0. The first-order chi connectivity index (χ1) is 6.31. The molecule has 13 heavy (non-hydrogen) atoms. The summed E-state index contributed by atoms with van der Waals surface area (Å²) < 4.78 is 16.2. The minimum absolute atomic E-state index is 0.474. The largest absolute Gasteiger partial charge is 0.532 e. The highest BCUT2D eigenvalue weighted by Gasteiger charge is 2.11. The van der Waals surface area contributed by atoms with Gasteiger partial charge in [-0.1, -0.05) is 10.2 Å². The van der Waals surface area contributed by atoms with E-state index in [1.165, 1.54) is 0 Å². The third-order valence-electron chi connectivity index (χ3n) is 1.27. The molecule has 1 unspecified atom stereocenters. The van der Waals surface area contributed by atoms with E-state index in [4.69, 9.17) is 16.3 Å². The molecule has 0 amide bonds. The maximum Gasteiger partial charge on any atom is 0.532 e. The first-order valence-electron chi connectivity index (χ1n) is 4.39. The van der Waals surface area contributed by atoms with Gasteiger partial charge >= 0.3 is 8.10 Å². The second kappa shape index (κ2) is 10.4. The third-order valence-corrected chi connectivity index (χ3v) is 2.49. The molecule has 0 fully saturated rings. The maximum absolute atomic E-state index is 11.1. The first-order valence-corrected chi connectivity index (χ1v) is 6.18. The van der Waals surface area contributed by atoms with Gasteiger partial charge in [0.05, 0.1) is 6.54 Å². The summed E-state index contributed by atoms with van der Waals surface area (Å²) in [4.78, 5) is 0. The van der Waals surface area contributed by atoms with Crippen LogP contribution in [0.1, 0.15) is 13.3 Å². The first kappa shape index (κ1) is 13.3. The van der Waals surface area contributed by atoms with Crippen LogP contribution >= 0.6 is 19.7 Å². The van der Waals surface area contributed by atoms with E-state index < -0.39 is 8.10 Å². The Morgan fingerprint density at radius 2 is 2.08 bits per heavy atom. The lowest BCUT2D eigenvalue weighted by Gasteiger charge is -1.97. The van der Waals surface area contributed by atoms with Gasteiger partial charge in [0.1, 0.15) is 0 Å². The molecular weight excluding hydrogens is 211 g/mol. The van der Waals surface area contributed by atoms with E-state index in [0.29, 0.717) is 25.6 Å². The second-order valence-corrected chi connectivity index (χ2v) is 3.95. The summed E-state index contributed by atoms with van der Waals surface area (Å²) in [7, 11) is -1.50. The van der Waals surface area contributed by atoms with Crippen LogP contribution in [0.5, 0.6) is 0 Å². The van der Waals surface area contributed by atoms with Crippen molar-refractivity contribution in [2.24, 2.45) is 0 Å². The summed E-state index contributed by atoms with van der Waals surface area (Å²) in [6, 6.07) is 0. The summed E-state index contributed by atoms with van der Waals surface area (Å²) >= 11 is 5.41. The molecule has 0 aromatic heterocycles. The molecule has 0 saturated carbocycles. The smallest absolute Gasteiger partial charge is 0.382 e. The van der Waals surface area contributed by atoms with Gasteiger partial charge in [-0.3, -0.25) is 0 Å². The zero-order valence-electron chi connectivity index (χ0n) is 7.88. The van der Waals surface area contributed by atoms with Gasteiger partial charge in [0.2, 0.25) is 0 Å². The predicted octanol–water partition coefficient (Wildman–Crippen LogP) is 1.49. The van der Waals surface area contributed by atoms with Gasteiger partial charge in [0, 0.05) is 25.6 Å². The quantitative estimate of drug-likeness (QED) is 0.356. The van der Waals surface area contributed by atoms with Gasteiger partial charge in [-0.05, 0) is 17.9 Å². The normalized spacial score (nSPS) is 11.7. The lowest BCUT2D eigenvalue weighted by Crippen LogP contribution is -2.17. The summed E-state index contributed by atoms with van der Waals surface area (Å²) in [6.45, 7) is 4.66. The van der Waals surface area contributed by atoms with Crippen LogP contribution < -0.4 is 10.2 Å². The van der Waals surface area contributed by atoms with E-state index in [2.05, 4.69) is 10.2 Å². The number of hydrogen-bond acceptors (Lipinski definition) is 2. The molecule has 0 aliphatic rings. The molecule has 78 valence electrons. The SMILES string of the molecule is CCOCCCN[P+](=O)NCCCl. The van der Waals surface area contributed by atoms with Crippen molar-refractivity contribution < 1.29 is 9.30 Å². The zero-order chi connectivity index (χ0) is 9.94. The molecule has 2 N–H and O–H groups in total. The van der Waals surface area contributed by atoms with E-state index in [0.717, 1.165) is 13.0 Å². The number of hydrogen-bond donors (Lipinski definition) is 2. The standard InChI is InChI=1S/C7H17ClN2O2P/c1-2-12-7-3-5-9-13(11)10-6-4-8/h2-7H2,1H3,(H2,9,10,11)/q+1. The van der Waals surface area contributed by atoms with Gasteiger partial charge in [0.25, 0.3) is 0 Å². The Morgan fingerprint density at radius 3 is 2.69 bits per heavy atom. The number of halogens is 1. The van der Waals surface area contributed by atoms with Crippen LogP contribution in [0.3, 0.4) is 0 Å². The molecular formula is C7H17ClN2O2P+. The van der Waals surface area contributed by atoms with Crippen molar-refractivity contribution in [3.05, 3.63) is 0 Å². The van der Waals surface area contributed by atoms with E-state index in [-0.39, 0.29) is 0 Å². The van der Waals surface area contributed by atoms with Crippen molar-refractivity contribution in [1.82, 2.24) is 10.2 Å². The maximum atomic E-state index is 11.1. The monoisotopic (exact) mass is 227 g/mol. The van der Waals surface area contributed by atoms with Crippen LogP contribution in [0.2, 0.25) is 0 Å². The van der Waals surface area contributed by atoms with E-state index >= 15 is 0 Å². The highest BCUT2D eigenvalue weighted by Crippen LogP contribution is 2.05. The summed E-state index contributed by atoms with van der Waals surface area (Å²) in [5, 5.41) is 5.58. The van der Waals surface area contributed by atoms with Crippen molar-refractivity contribution in [2.75, 3.05) is 32.2 Å². The summed E-state index contributed by atoms with van der Waals surface area (Å²) in [5.74, 6) is 0.474. The molecule has 1 atom stereocenters. The average Bonchev–Trinajstić information content (AvgIpc) is 2.14. The highest BCUT2D eigenvalue weighted by atomic mass is 35.5. The Kier molecular flexibility index (Phi) is 10.6. The Hall–Kier alpha value is 0.270. The number of nitrogens with one attached hydrogen (secondary N) is 2. The van der Waals surface area contributed by atoms with Crippen molar-refractivity contribution in [3.8, 4) is 0 Å². The minimum Gasteiger partial charge on any atom is -0.382 e. The fourth-order valence-electron chi connectivity index (χ4n) is 0.699. The topological polar surface area (TPSA) is 50.4 Å². The number of ether oxygens (including phenoxy) is 1. The molecule has 0 aliphatic heterocycles. The van der Waals surface area contributed by atoms with Crippen LogP contribution in [-0.4, -0.2) is 32.2 Å². The Morgan fingerprint density at radius 1 is 1.38 bits per heavy atom. The molecule has 6 heteroatoms. The van der Waals surface area contributed by atoms with E-state index in [9.17, 15) is 4.57 Å². The van der Waals surface area contributed by atoms with Crippen molar-refractivity contribution in [1.29, 1.82) is 0 Å². The van der Waals surface area contributed by atoms with Gasteiger partial charge < -0.3 is 4.74 Å². The van der Waals surface area contributed by atoms with Crippen LogP contribution in [0.4, 0.5) is 0 Å². The van der Waals surface area contributed by atoms with Crippen molar-refractivity contribution in [2.45, 2.75) is 13.3 Å². The predicted molar refractivity (Wildman–Crippen MR) is 55.4 cm³/mol. The Bertz CT molecular complexity index is 138. The van der Waals surface area contributed by atoms with Crippen LogP contribution in [0, 0.1) is 0 Å². The van der Waals surface area contributed by atoms with E-state index in [1.54, 1.807) is 0 Å². The molecule has 0 spiro atoms. The van der Waals surface area contributed by atoms with E-state index in [1.807, 2.05) is 6.92 Å². The molecule has 0 radical (unpaired) electrons. The van der Waals surface area contributed by atoms with Gasteiger partial charge in [-0.2, -0.15) is 0 Å². The molecule has 0 saturated heterocycles. The molecule has 0 bridgehead atoms. The Labute approximate surface area is 85.3 Å². The molecule has 0 rings (SSSR count).